The average molecular weight is 316 g/mol. The lowest BCUT2D eigenvalue weighted by Gasteiger charge is -2.17. The van der Waals surface area contributed by atoms with Gasteiger partial charge < -0.3 is 5.73 Å². The standard InChI is InChI=1S/C15H25N3S.ClH/c1-15(2,3)14-17-11(9-19-14)7-18-6-10-4-5-13(16)12(10)8-18;/h9-10,12-13H,4-8,16H2,1-3H3;1H. The third-order valence-corrected chi connectivity index (χ3v) is 5.88. The number of nitrogens with two attached hydrogens (primary N) is 1. The van der Waals surface area contributed by atoms with Crippen molar-refractivity contribution in [2.75, 3.05) is 13.1 Å². The molecule has 2 N–H and O–H groups in total. The molecule has 1 aromatic rings. The zero-order chi connectivity index (χ0) is 13.6. The molecule has 0 spiro atoms. The number of hydrogen-bond acceptors (Lipinski definition) is 4. The molecule has 114 valence electrons. The van der Waals surface area contributed by atoms with E-state index < -0.39 is 0 Å². The minimum Gasteiger partial charge on any atom is -0.327 e. The summed E-state index contributed by atoms with van der Waals surface area (Å²) in [5.41, 5.74) is 7.61. The van der Waals surface area contributed by atoms with Gasteiger partial charge in [-0.3, -0.25) is 4.90 Å². The summed E-state index contributed by atoms with van der Waals surface area (Å²) in [6.07, 6.45) is 2.56. The molecule has 20 heavy (non-hydrogen) atoms. The van der Waals surface area contributed by atoms with Gasteiger partial charge in [0.15, 0.2) is 0 Å². The van der Waals surface area contributed by atoms with Gasteiger partial charge in [0.25, 0.3) is 0 Å². The van der Waals surface area contributed by atoms with Crippen molar-refractivity contribution in [3.05, 3.63) is 16.1 Å². The Labute approximate surface area is 132 Å². The van der Waals surface area contributed by atoms with E-state index in [1.165, 1.54) is 36.6 Å². The second kappa shape index (κ2) is 5.91. The van der Waals surface area contributed by atoms with Crippen LogP contribution in [-0.2, 0) is 12.0 Å². The zero-order valence-electron chi connectivity index (χ0n) is 12.6. The number of aromatic nitrogens is 1. The fourth-order valence-electron chi connectivity index (χ4n) is 3.48. The summed E-state index contributed by atoms with van der Waals surface area (Å²) >= 11 is 1.80. The van der Waals surface area contributed by atoms with E-state index in [-0.39, 0.29) is 17.8 Å². The molecule has 5 heteroatoms. The smallest absolute Gasteiger partial charge is 0.0982 e. The minimum absolute atomic E-state index is 0. The topological polar surface area (TPSA) is 42.2 Å². The molecule has 0 radical (unpaired) electrons. The Morgan fingerprint density at radius 3 is 2.70 bits per heavy atom. The van der Waals surface area contributed by atoms with Gasteiger partial charge in [-0.2, -0.15) is 0 Å². The highest BCUT2D eigenvalue weighted by atomic mass is 35.5. The summed E-state index contributed by atoms with van der Waals surface area (Å²) < 4.78 is 0. The van der Waals surface area contributed by atoms with Crippen LogP contribution >= 0.6 is 23.7 Å². The molecule has 1 aromatic heterocycles. The van der Waals surface area contributed by atoms with Crippen LogP contribution in [0.5, 0.6) is 0 Å². The molecular weight excluding hydrogens is 290 g/mol. The van der Waals surface area contributed by atoms with Crippen LogP contribution in [0.3, 0.4) is 0 Å². The molecule has 1 aliphatic carbocycles. The number of fused-ring (bicyclic) bond motifs is 1. The van der Waals surface area contributed by atoms with Crippen LogP contribution in [0.2, 0.25) is 0 Å². The summed E-state index contributed by atoms with van der Waals surface area (Å²) in [6, 6.07) is 0.440. The number of likely N-dealkylation sites (tertiary alicyclic amines) is 1. The highest BCUT2D eigenvalue weighted by Crippen LogP contribution is 2.37. The summed E-state index contributed by atoms with van der Waals surface area (Å²) in [5, 5.41) is 3.48. The van der Waals surface area contributed by atoms with Crippen molar-refractivity contribution >= 4 is 23.7 Å². The Morgan fingerprint density at radius 2 is 2.10 bits per heavy atom. The van der Waals surface area contributed by atoms with E-state index in [2.05, 4.69) is 31.1 Å². The van der Waals surface area contributed by atoms with Crippen molar-refractivity contribution in [3.63, 3.8) is 0 Å². The van der Waals surface area contributed by atoms with Crippen LogP contribution in [0.4, 0.5) is 0 Å². The molecule has 1 aliphatic heterocycles. The number of rotatable bonds is 2. The number of hydrogen-bond donors (Lipinski definition) is 1. The Morgan fingerprint density at radius 1 is 1.35 bits per heavy atom. The van der Waals surface area contributed by atoms with Crippen molar-refractivity contribution in [2.24, 2.45) is 17.6 Å². The van der Waals surface area contributed by atoms with E-state index in [0.29, 0.717) is 6.04 Å². The maximum absolute atomic E-state index is 6.20. The number of thiazole rings is 1. The average Bonchev–Trinajstić information content (AvgIpc) is 2.97. The molecule has 0 bridgehead atoms. The maximum atomic E-state index is 6.20. The number of nitrogens with zero attached hydrogens (tertiary/aromatic N) is 2. The summed E-state index contributed by atoms with van der Waals surface area (Å²) in [4.78, 5) is 7.35. The molecule has 3 unspecified atom stereocenters. The van der Waals surface area contributed by atoms with Gasteiger partial charge in [-0.1, -0.05) is 20.8 Å². The van der Waals surface area contributed by atoms with Crippen LogP contribution in [0, 0.1) is 11.8 Å². The fourth-order valence-corrected chi connectivity index (χ4v) is 4.38. The lowest BCUT2D eigenvalue weighted by molar-refractivity contribution is 0.295. The highest BCUT2D eigenvalue weighted by Gasteiger charge is 2.40. The first-order valence-electron chi connectivity index (χ1n) is 7.36. The molecule has 3 nitrogen and oxygen atoms in total. The lowest BCUT2D eigenvalue weighted by Crippen LogP contribution is -2.30. The van der Waals surface area contributed by atoms with Crippen LogP contribution in [0.1, 0.15) is 44.3 Å². The summed E-state index contributed by atoms with van der Waals surface area (Å²) in [6.45, 7) is 10.1. The third-order valence-electron chi connectivity index (χ3n) is 4.57. The maximum Gasteiger partial charge on any atom is 0.0982 e. The molecule has 3 rings (SSSR count). The largest absolute Gasteiger partial charge is 0.327 e. The van der Waals surface area contributed by atoms with Gasteiger partial charge in [-0.15, -0.1) is 23.7 Å². The monoisotopic (exact) mass is 315 g/mol. The lowest BCUT2D eigenvalue weighted by atomic mass is 9.98. The van der Waals surface area contributed by atoms with E-state index in [4.69, 9.17) is 10.7 Å². The Bertz CT molecular complexity index is 454. The normalized spacial score (nSPS) is 30.3. The second-order valence-corrected chi connectivity index (χ2v) is 8.11. The van der Waals surface area contributed by atoms with E-state index >= 15 is 0 Å². The molecule has 2 fully saturated rings. The van der Waals surface area contributed by atoms with Gasteiger partial charge >= 0.3 is 0 Å². The fraction of sp³-hybridized carbons (Fsp3) is 0.800. The third kappa shape index (κ3) is 3.19. The van der Waals surface area contributed by atoms with Crippen LogP contribution in [0.15, 0.2) is 5.38 Å². The van der Waals surface area contributed by atoms with E-state index in [0.717, 1.165) is 18.4 Å². The molecule has 2 heterocycles. The molecule has 0 aromatic carbocycles. The van der Waals surface area contributed by atoms with Gasteiger partial charge in [-0.25, -0.2) is 4.98 Å². The van der Waals surface area contributed by atoms with Crippen molar-refractivity contribution in [3.8, 4) is 0 Å². The Hall–Kier alpha value is -0.160. The van der Waals surface area contributed by atoms with E-state index in [9.17, 15) is 0 Å². The van der Waals surface area contributed by atoms with Crippen LogP contribution in [-0.4, -0.2) is 29.0 Å². The minimum atomic E-state index is 0. The van der Waals surface area contributed by atoms with E-state index in [1.54, 1.807) is 11.3 Å². The van der Waals surface area contributed by atoms with Gasteiger partial charge in [0.1, 0.15) is 0 Å². The SMILES string of the molecule is CC(C)(C)c1nc(CN2CC3CCC(N)C3C2)cs1.Cl. The Balaban J connectivity index is 0.00000147. The number of halogens is 1. The predicted molar refractivity (Wildman–Crippen MR) is 87.5 cm³/mol. The Kier molecular flexibility index (Phi) is 4.80. The zero-order valence-corrected chi connectivity index (χ0v) is 14.3. The first kappa shape index (κ1) is 16.2. The second-order valence-electron chi connectivity index (χ2n) is 7.25. The van der Waals surface area contributed by atoms with Gasteiger partial charge in [0.2, 0.25) is 0 Å². The molecule has 2 aliphatic rings. The van der Waals surface area contributed by atoms with Crippen molar-refractivity contribution in [2.45, 2.75) is 51.6 Å². The van der Waals surface area contributed by atoms with Crippen molar-refractivity contribution in [1.29, 1.82) is 0 Å². The summed E-state index contributed by atoms with van der Waals surface area (Å²) in [5.74, 6) is 1.58. The van der Waals surface area contributed by atoms with Gasteiger partial charge in [0.05, 0.1) is 10.7 Å². The molecule has 0 amide bonds. The highest BCUT2D eigenvalue weighted by molar-refractivity contribution is 7.09. The van der Waals surface area contributed by atoms with Crippen LogP contribution < -0.4 is 5.73 Å². The molecule has 1 saturated carbocycles. The summed E-state index contributed by atoms with van der Waals surface area (Å²) in [7, 11) is 0. The van der Waals surface area contributed by atoms with Crippen molar-refractivity contribution in [1.82, 2.24) is 9.88 Å². The van der Waals surface area contributed by atoms with Gasteiger partial charge in [0, 0.05) is 36.5 Å². The van der Waals surface area contributed by atoms with Crippen molar-refractivity contribution < 1.29 is 0 Å². The van der Waals surface area contributed by atoms with E-state index in [1.807, 2.05) is 0 Å². The van der Waals surface area contributed by atoms with Crippen LogP contribution in [0.25, 0.3) is 0 Å². The first-order chi connectivity index (χ1) is 8.93. The molecule has 1 saturated heterocycles. The van der Waals surface area contributed by atoms with Gasteiger partial charge in [-0.05, 0) is 24.7 Å². The molecule has 3 atom stereocenters. The first-order valence-corrected chi connectivity index (χ1v) is 8.24. The predicted octanol–water partition coefficient (Wildman–Crippen LogP) is 3.03. The quantitative estimate of drug-likeness (QED) is 0.912. The molecular formula is C15H26ClN3S.